The molecule has 20 heavy (non-hydrogen) atoms. The van der Waals surface area contributed by atoms with E-state index in [1.165, 1.54) is 7.11 Å². The van der Waals surface area contributed by atoms with Crippen molar-refractivity contribution in [3.05, 3.63) is 27.8 Å². The molecule has 0 saturated carbocycles. The molecule has 0 aliphatic carbocycles. The Morgan fingerprint density at radius 3 is 2.65 bits per heavy atom. The monoisotopic (exact) mass is 390 g/mol. The Morgan fingerprint density at radius 2 is 2.05 bits per heavy atom. The summed E-state index contributed by atoms with van der Waals surface area (Å²) in [6, 6.07) is 7.61. The van der Waals surface area contributed by atoms with Crippen LogP contribution in [0, 0.1) is 3.57 Å². The van der Waals surface area contributed by atoms with Crippen molar-refractivity contribution in [3.63, 3.8) is 0 Å². The lowest BCUT2D eigenvalue weighted by Gasteiger charge is -2.19. The highest BCUT2D eigenvalue weighted by Gasteiger charge is 2.12. The molecule has 0 atom stereocenters. The topological polar surface area (TPSA) is 58.6 Å². The lowest BCUT2D eigenvalue weighted by atomic mass is 10.3. The van der Waals surface area contributed by atoms with Crippen LogP contribution in [0.15, 0.2) is 24.3 Å². The van der Waals surface area contributed by atoms with Crippen LogP contribution in [0.25, 0.3) is 0 Å². The first kappa shape index (κ1) is 16.9. The highest BCUT2D eigenvalue weighted by Crippen LogP contribution is 2.16. The van der Waals surface area contributed by atoms with Gasteiger partial charge in [-0.1, -0.05) is 19.1 Å². The van der Waals surface area contributed by atoms with Crippen LogP contribution in [-0.2, 0) is 14.3 Å². The van der Waals surface area contributed by atoms with Gasteiger partial charge in [0, 0.05) is 10.1 Å². The summed E-state index contributed by atoms with van der Waals surface area (Å²) in [4.78, 5) is 25.0. The van der Waals surface area contributed by atoms with Crippen LogP contribution in [-0.4, -0.2) is 43.5 Å². The van der Waals surface area contributed by atoms with Crippen molar-refractivity contribution in [2.45, 2.75) is 13.3 Å². The van der Waals surface area contributed by atoms with Gasteiger partial charge in [-0.05, 0) is 41.3 Å². The lowest BCUT2D eigenvalue weighted by Crippen LogP contribution is -2.34. The van der Waals surface area contributed by atoms with E-state index in [-0.39, 0.29) is 18.4 Å². The maximum absolute atomic E-state index is 12.0. The number of ether oxygens (including phenoxy) is 1. The number of likely N-dealkylation sites (N-methyl/N-ethyl adjacent to an activating group) is 1. The van der Waals surface area contributed by atoms with Gasteiger partial charge < -0.3 is 10.1 Å². The molecule has 0 radical (unpaired) electrons. The van der Waals surface area contributed by atoms with Gasteiger partial charge in [0.05, 0.1) is 25.8 Å². The first-order valence-electron chi connectivity index (χ1n) is 6.40. The van der Waals surface area contributed by atoms with E-state index in [4.69, 9.17) is 0 Å². The van der Waals surface area contributed by atoms with Crippen LogP contribution >= 0.6 is 22.6 Å². The maximum Gasteiger partial charge on any atom is 0.306 e. The summed E-state index contributed by atoms with van der Waals surface area (Å²) in [5.41, 5.74) is 0.808. The zero-order valence-electron chi connectivity index (χ0n) is 11.7. The van der Waals surface area contributed by atoms with Crippen LogP contribution in [0.3, 0.4) is 0 Å². The number of hydrogen-bond acceptors (Lipinski definition) is 4. The predicted molar refractivity (Wildman–Crippen MR) is 86.5 cm³/mol. The second-order valence-electron chi connectivity index (χ2n) is 4.22. The molecule has 1 aromatic rings. The Morgan fingerprint density at radius 1 is 1.35 bits per heavy atom. The molecule has 1 amide bonds. The van der Waals surface area contributed by atoms with Crippen molar-refractivity contribution in [1.29, 1.82) is 0 Å². The van der Waals surface area contributed by atoms with Crippen LogP contribution in [0.2, 0.25) is 0 Å². The maximum atomic E-state index is 12.0. The van der Waals surface area contributed by atoms with Crippen molar-refractivity contribution in [3.8, 4) is 0 Å². The standard InChI is InChI=1S/C14H19IN2O3/c1-3-17(9-8-14(19)20-2)10-13(18)16-12-7-5-4-6-11(12)15/h4-7H,3,8-10H2,1-2H3,(H,16,18). The minimum atomic E-state index is -0.263. The molecule has 0 spiro atoms. The van der Waals surface area contributed by atoms with E-state index in [9.17, 15) is 9.59 Å². The molecule has 0 bridgehead atoms. The number of amides is 1. The largest absolute Gasteiger partial charge is 0.469 e. The quantitative estimate of drug-likeness (QED) is 0.573. The van der Waals surface area contributed by atoms with E-state index < -0.39 is 0 Å². The molecular formula is C14H19IN2O3. The summed E-state index contributed by atoms with van der Waals surface area (Å²) in [7, 11) is 1.36. The number of anilines is 1. The summed E-state index contributed by atoms with van der Waals surface area (Å²) < 4.78 is 5.59. The highest BCUT2D eigenvalue weighted by molar-refractivity contribution is 14.1. The Balaban J connectivity index is 2.47. The first-order chi connectivity index (χ1) is 9.56. The van der Waals surface area contributed by atoms with Gasteiger partial charge in [-0.3, -0.25) is 14.5 Å². The minimum absolute atomic E-state index is 0.0826. The first-order valence-corrected chi connectivity index (χ1v) is 7.48. The Labute approximate surface area is 132 Å². The number of benzene rings is 1. The van der Waals surface area contributed by atoms with Crippen LogP contribution in [0.4, 0.5) is 5.69 Å². The van der Waals surface area contributed by atoms with E-state index in [0.717, 1.165) is 9.26 Å². The van der Waals surface area contributed by atoms with Crippen LogP contribution in [0.1, 0.15) is 13.3 Å². The molecule has 0 aliphatic heterocycles. The van der Waals surface area contributed by atoms with Gasteiger partial charge in [0.2, 0.25) is 5.91 Å². The molecule has 0 aromatic heterocycles. The van der Waals surface area contributed by atoms with Gasteiger partial charge in [0.25, 0.3) is 0 Å². The molecule has 0 unspecified atom stereocenters. The SMILES string of the molecule is CCN(CCC(=O)OC)CC(=O)Nc1ccccc1I. The molecule has 6 heteroatoms. The number of rotatable bonds is 7. The van der Waals surface area contributed by atoms with E-state index in [2.05, 4.69) is 32.6 Å². The highest BCUT2D eigenvalue weighted by atomic mass is 127. The molecule has 0 aliphatic rings. The van der Waals surface area contributed by atoms with Crippen LogP contribution in [0.5, 0.6) is 0 Å². The van der Waals surface area contributed by atoms with Crippen molar-refractivity contribution in [2.24, 2.45) is 0 Å². The number of esters is 1. The van der Waals surface area contributed by atoms with Gasteiger partial charge in [-0.25, -0.2) is 0 Å². The second kappa shape index (κ2) is 8.91. The third-order valence-corrected chi connectivity index (χ3v) is 3.76. The van der Waals surface area contributed by atoms with E-state index in [1.807, 2.05) is 36.1 Å². The summed E-state index contributed by atoms with van der Waals surface area (Å²) in [6.45, 7) is 3.44. The van der Waals surface area contributed by atoms with Gasteiger partial charge >= 0.3 is 5.97 Å². The van der Waals surface area contributed by atoms with E-state index >= 15 is 0 Å². The van der Waals surface area contributed by atoms with Gasteiger partial charge in [0.15, 0.2) is 0 Å². The zero-order chi connectivity index (χ0) is 15.0. The lowest BCUT2D eigenvalue weighted by molar-refractivity contribution is -0.141. The molecule has 1 rings (SSSR count). The minimum Gasteiger partial charge on any atom is -0.469 e. The third-order valence-electron chi connectivity index (χ3n) is 2.82. The fourth-order valence-electron chi connectivity index (χ4n) is 1.66. The number of para-hydroxylation sites is 1. The smallest absolute Gasteiger partial charge is 0.306 e. The number of nitrogens with zero attached hydrogens (tertiary/aromatic N) is 1. The summed E-state index contributed by atoms with van der Waals surface area (Å²) in [5, 5.41) is 2.87. The van der Waals surface area contributed by atoms with Crippen molar-refractivity contribution in [1.82, 2.24) is 4.90 Å². The molecule has 5 nitrogen and oxygen atoms in total. The number of nitrogens with one attached hydrogen (secondary N) is 1. The Bertz CT molecular complexity index is 465. The zero-order valence-corrected chi connectivity index (χ0v) is 13.8. The summed E-state index contributed by atoms with van der Waals surface area (Å²) in [6.07, 6.45) is 0.292. The van der Waals surface area contributed by atoms with Crippen molar-refractivity contribution < 1.29 is 14.3 Å². The fourth-order valence-corrected chi connectivity index (χ4v) is 2.18. The van der Waals surface area contributed by atoms with Crippen molar-refractivity contribution >= 4 is 40.2 Å². The van der Waals surface area contributed by atoms with Gasteiger partial charge in [-0.15, -0.1) is 0 Å². The number of carbonyl (C=O) groups excluding carboxylic acids is 2. The molecule has 1 aromatic carbocycles. The third kappa shape index (κ3) is 5.87. The molecular weight excluding hydrogens is 371 g/mol. The van der Waals surface area contributed by atoms with Gasteiger partial charge in [-0.2, -0.15) is 0 Å². The summed E-state index contributed by atoms with van der Waals surface area (Å²) in [5.74, 6) is -0.345. The number of methoxy groups -OCH3 is 1. The predicted octanol–water partition coefficient (Wildman–Crippen LogP) is 2.11. The normalized spacial score (nSPS) is 10.4. The molecule has 110 valence electrons. The fraction of sp³-hybridized carbons (Fsp3) is 0.429. The van der Waals surface area contributed by atoms with Gasteiger partial charge in [0.1, 0.15) is 0 Å². The van der Waals surface area contributed by atoms with Crippen molar-refractivity contribution in [2.75, 3.05) is 32.1 Å². The number of carbonyl (C=O) groups is 2. The second-order valence-corrected chi connectivity index (χ2v) is 5.39. The number of halogens is 1. The van der Waals surface area contributed by atoms with Crippen LogP contribution < -0.4 is 5.32 Å². The number of hydrogen-bond donors (Lipinski definition) is 1. The average molecular weight is 390 g/mol. The van der Waals surface area contributed by atoms with E-state index in [0.29, 0.717) is 19.5 Å². The average Bonchev–Trinajstić information content (AvgIpc) is 2.45. The molecule has 0 saturated heterocycles. The molecule has 0 fully saturated rings. The Kier molecular flexibility index (Phi) is 7.53. The molecule has 0 heterocycles. The summed E-state index contributed by atoms with van der Waals surface area (Å²) >= 11 is 2.18. The van der Waals surface area contributed by atoms with E-state index in [1.54, 1.807) is 0 Å². The molecule has 1 N–H and O–H groups in total. The Hall–Kier alpha value is -1.15.